The van der Waals surface area contributed by atoms with Gasteiger partial charge in [0.25, 0.3) is 0 Å². The third-order valence-corrected chi connectivity index (χ3v) is 3.41. The van der Waals surface area contributed by atoms with Crippen LogP contribution in [-0.2, 0) is 4.79 Å². The zero-order valence-corrected chi connectivity index (χ0v) is 13.0. The van der Waals surface area contributed by atoms with Gasteiger partial charge in [-0.3, -0.25) is 4.79 Å². The van der Waals surface area contributed by atoms with E-state index in [1.165, 1.54) is 5.56 Å². The number of nitrogens with two attached hydrogens (primary N) is 1. The summed E-state index contributed by atoms with van der Waals surface area (Å²) in [5.74, 6) is -0.137. The van der Waals surface area contributed by atoms with E-state index in [2.05, 4.69) is 43.4 Å². The molecular formula is C15H25ClN2O. The largest absolute Gasteiger partial charge is 0.349 e. The van der Waals surface area contributed by atoms with Gasteiger partial charge in [-0.1, -0.05) is 43.7 Å². The lowest BCUT2D eigenvalue weighted by Gasteiger charge is -2.22. The maximum absolute atomic E-state index is 12.0. The van der Waals surface area contributed by atoms with Crippen molar-refractivity contribution in [2.24, 2.45) is 11.7 Å². The molecule has 3 atom stereocenters. The average molecular weight is 285 g/mol. The number of halogens is 1. The van der Waals surface area contributed by atoms with Crippen LogP contribution >= 0.6 is 12.4 Å². The van der Waals surface area contributed by atoms with Crippen molar-refractivity contribution in [3.05, 3.63) is 35.4 Å². The van der Waals surface area contributed by atoms with Gasteiger partial charge < -0.3 is 11.1 Å². The van der Waals surface area contributed by atoms with Crippen LogP contribution in [0.3, 0.4) is 0 Å². The number of benzene rings is 1. The number of carbonyl (C=O) groups is 1. The second-order valence-corrected chi connectivity index (χ2v) is 5.03. The van der Waals surface area contributed by atoms with Gasteiger partial charge in [0.15, 0.2) is 0 Å². The summed E-state index contributed by atoms with van der Waals surface area (Å²) in [7, 11) is 0. The number of aryl methyl sites for hydroxylation is 1. The monoisotopic (exact) mass is 284 g/mol. The maximum Gasteiger partial charge on any atom is 0.224 e. The summed E-state index contributed by atoms with van der Waals surface area (Å²) in [6.45, 7) is 7.85. The fraction of sp³-hybridized carbons (Fsp3) is 0.533. The molecule has 0 spiro atoms. The molecule has 0 aliphatic carbocycles. The smallest absolute Gasteiger partial charge is 0.224 e. The molecule has 1 aromatic carbocycles. The van der Waals surface area contributed by atoms with E-state index < -0.39 is 0 Å². The van der Waals surface area contributed by atoms with Crippen LogP contribution in [0.25, 0.3) is 0 Å². The van der Waals surface area contributed by atoms with Crippen LogP contribution in [0.15, 0.2) is 24.3 Å². The maximum atomic E-state index is 12.0. The van der Waals surface area contributed by atoms with Crippen molar-refractivity contribution in [3.63, 3.8) is 0 Å². The molecule has 3 unspecified atom stereocenters. The number of nitrogens with one attached hydrogen (secondary N) is 1. The van der Waals surface area contributed by atoms with Gasteiger partial charge >= 0.3 is 0 Å². The molecule has 0 radical (unpaired) electrons. The molecule has 19 heavy (non-hydrogen) atoms. The van der Waals surface area contributed by atoms with Crippen LogP contribution in [0.2, 0.25) is 0 Å². The van der Waals surface area contributed by atoms with Gasteiger partial charge in [0.1, 0.15) is 0 Å². The van der Waals surface area contributed by atoms with Crippen LogP contribution in [0.5, 0.6) is 0 Å². The van der Waals surface area contributed by atoms with E-state index in [0.29, 0.717) is 0 Å². The molecule has 0 fully saturated rings. The fourth-order valence-corrected chi connectivity index (χ4v) is 1.76. The molecule has 0 heterocycles. The van der Waals surface area contributed by atoms with E-state index >= 15 is 0 Å². The molecule has 1 rings (SSSR count). The lowest BCUT2D eigenvalue weighted by molar-refractivity contribution is -0.125. The highest BCUT2D eigenvalue weighted by atomic mass is 35.5. The van der Waals surface area contributed by atoms with Gasteiger partial charge in [0.05, 0.1) is 6.04 Å². The van der Waals surface area contributed by atoms with Crippen molar-refractivity contribution >= 4 is 18.3 Å². The Kier molecular flexibility index (Phi) is 7.72. The summed E-state index contributed by atoms with van der Waals surface area (Å²) in [5, 5.41) is 3.06. The van der Waals surface area contributed by atoms with Crippen molar-refractivity contribution in [1.29, 1.82) is 0 Å². The zero-order chi connectivity index (χ0) is 13.7. The summed E-state index contributed by atoms with van der Waals surface area (Å²) >= 11 is 0. The van der Waals surface area contributed by atoms with Crippen LogP contribution < -0.4 is 11.1 Å². The van der Waals surface area contributed by atoms with Crippen LogP contribution in [0, 0.1) is 12.8 Å². The third kappa shape index (κ3) is 5.21. The number of rotatable bonds is 5. The van der Waals surface area contributed by atoms with E-state index in [4.69, 9.17) is 5.73 Å². The minimum absolute atomic E-state index is 0. The molecule has 0 aliphatic heterocycles. The Balaban J connectivity index is 0.00000324. The Labute approximate surface area is 122 Å². The predicted octanol–water partition coefficient (Wildman–Crippen LogP) is 2.97. The van der Waals surface area contributed by atoms with Crippen molar-refractivity contribution in [2.75, 3.05) is 0 Å². The van der Waals surface area contributed by atoms with E-state index in [-0.39, 0.29) is 36.3 Å². The Morgan fingerprint density at radius 1 is 1.26 bits per heavy atom. The molecular weight excluding hydrogens is 260 g/mol. The Morgan fingerprint density at radius 2 is 1.79 bits per heavy atom. The van der Waals surface area contributed by atoms with E-state index in [9.17, 15) is 4.79 Å². The summed E-state index contributed by atoms with van der Waals surface area (Å²) in [6, 6.07) is 8.22. The van der Waals surface area contributed by atoms with Gasteiger partial charge in [-0.2, -0.15) is 0 Å². The molecule has 1 amide bonds. The van der Waals surface area contributed by atoms with E-state index in [1.807, 2.05) is 13.8 Å². The topological polar surface area (TPSA) is 55.1 Å². The number of amides is 1. The van der Waals surface area contributed by atoms with E-state index in [1.54, 1.807) is 0 Å². The summed E-state index contributed by atoms with van der Waals surface area (Å²) in [4.78, 5) is 12.0. The normalized spacial score (nSPS) is 15.0. The number of carbonyl (C=O) groups excluding carboxylic acids is 1. The quantitative estimate of drug-likeness (QED) is 0.873. The first-order valence-electron chi connectivity index (χ1n) is 6.58. The number of hydrogen-bond donors (Lipinski definition) is 2. The second-order valence-electron chi connectivity index (χ2n) is 5.03. The molecule has 3 nitrogen and oxygen atoms in total. The highest BCUT2D eigenvalue weighted by Crippen LogP contribution is 2.18. The molecule has 0 saturated carbocycles. The van der Waals surface area contributed by atoms with Crippen molar-refractivity contribution in [3.8, 4) is 0 Å². The Bertz CT molecular complexity index is 390. The van der Waals surface area contributed by atoms with Crippen molar-refractivity contribution < 1.29 is 4.79 Å². The van der Waals surface area contributed by atoms with Gasteiger partial charge in [-0.25, -0.2) is 0 Å². The Morgan fingerprint density at radius 3 is 2.21 bits per heavy atom. The van der Waals surface area contributed by atoms with Gasteiger partial charge in [0, 0.05) is 12.0 Å². The van der Waals surface area contributed by atoms with E-state index in [0.717, 1.165) is 12.0 Å². The molecule has 0 bridgehead atoms. The minimum atomic E-state index is -0.163. The molecule has 0 saturated heterocycles. The highest BCUT2D eigenvalue weighted by molar-refractivity contribution is 5.85. The first-order chi connectivity index (χ1) is 8.45. The van der Waals surface area contributed by atoms with Crippen molar-refractivity contribution in [2.45, 2.75) is 46.2 Å². The van der Waals surface area contributed by atoms with Crippen LogP contribution in [0.4, 0.5) is 0 Å². The predicted molar refractivity (Wildman–Crippen MR) is 82.4 cm³/mol. The van der Waals surface area contributed by atoms with Gasteiger partial charge in [-0.05, 0) is 25.8 Å². The van der Waals surface area contributed by atoms with Gasteiger partial charge in [0.2, 0.25) is 5.91 Å². The molecule has 108 valence electrons. The van der Waals surface area contributed by atoms with Crippen molar-refractivity contribution in [1.82, 2.24) is 5.32 Å². The van der Waals surface area contributed by atoms with Gasteiger partial charge in [-0.15, -0.1) is 12.4 Å². The molecule has 0 aromatic heterocycles. The lowest BCUT2D eigenvalue weighted by atomic mass is 9.99. The Hall–Kier alpha value is -1.06. The minimum Gasteiger partial charge on any atom is -0.349 e. The zero-order valence-electron chi connectivity index (χ0n) is 12.1. The molecule has 4 heteroatoms. The first-order valence-corrected chi connectivity index (χ1v) is 6.58. The molecule has 0 aliphatic rings. The lowest BCUT2D eigenvalue weighted by Crippen LogP contribution is -2.40. The summed E-state index contributed by atoms with van der Waals surface area (Å²) < 4.78 is 0. The second kappa shape index (κ2) is 8.18. The standard InChI is InChI=1S/C15H24N2O.ClH/c1-5-14(13-8-6-10(2)7-9-13)17-15(18)11(3)12(4)16;/h6-9,11-12,14H,5,16H2,1-4H3,(H,17,18);1H. The fourth-order valence-electron chi connectivity index (χ4n) is 1.76. The summed E-state index contributed by atoms with van der Waals surface area (Å²) in [5.41, 5.74) is 8.12. The number of hydrogen-bond acceptors (Lipinski definition) is 2. The summed E-state index contributed by atoms with van der Waals surface area (Å²) in [6.07, 6.45) is 0.875. The molecule has 1 aromatic rings. The highest BCUT2D eigenvalue weighted by Gasteiger charge is 2.20. The SMILES string of the molecule is CCC(NC(=O)C(C)C(C)N)c1ccc(C)cc1.Cl. The third-order valence-electron chi connectivity index (χ3n) is 3.41. The molecule has 3 N–H and O–H groups in total. The average Bonchev–Trinajstić information content (AvgIpc) is 2.35. The van der Waals surface area contributed by atoms with Crippen LogP contribution in [-0.4, -0.2) is 11.9 Å². The first kappa shape index (κ1) is 17.9. The van der Waals surface area contributed by atoms with Crippen LogP contribution in [0.1, 0.15) is 44.4 Å².